The van der Waals surface area contributed by atoms with Gasteiger partial charge in [0, 0.05) is 18.1 Å². The standard InChI is InChI=1S/C13H26FN3/c1-16-8-3-12(4-9-16)17-7-2-5-13(15,11-14)6-10-17/h12H,2-11,15H2,1H3. The monoisotopic (exact) mass is 243 g/mol. The second kappa shape index (κ2) is 5.63. The molecule has 0 aromatic rings. The van der Waals surface area contributed by atoms with Crippen molar-refractivity contribution in [2.75, 3.05) is 39.9 Å². The summed E-state index contributed by atoms with van der Waals surface area (Å²) in [6.07, 6.45) is 5.21. The summed E-state index contributed by atoms with van der Waals surface area (Å²) in [5.74, 6) is 0. The minimum Gasteiger partial charge on any atom is -0.323 e. The zero-order valence-electron chi connectivity index (χ0n) is 11.0. The second-order valence-corrected chi connectivity index (χ2v) is 5.92. The van der Waals surface area contributed by atoms with Crippen LogP contribution in [-0.4, -0.2) is 61.3 Å². The van der Waals surface area contributed by atoms with Crippen LogP contribution in [0.5, 0.6) is 0 Å². The highest BCUT2D eigenvalue weighted by atomic mass is 19.1. The molecular weight excluding hydrogens is 217 g/mol. The lowest BCUT2D eigenvalue weighted by atomic mass is 9.94. The first kappa shape index (κ1) is 13.2. The van der Waals surface area contributed by atoms with E-state index in [-0.39, 0.29) is 6.67 Å². The van der Waals surface area contributed by atoms with Gasteiger partial charge in [-0.2, -0.15) is 0 Å². The van der Waals surface area contributed by atoms with Gasteiger partial charge in [-0.25, -0.2) is 4.39 Å². The maximum atomic E-state index is 12.9. The first-order valence-electron chi connectivity index (χ1n) is 6.90. The number of rotatable bonds is 2. The summed E-state index contributed by atoms with van der Waals surface area (Å²) in [6.45, 7) is 4.10. The van der Waals surface area contributed by atoms with Crippen LogP contribution < -0.4 is 5.73 Å². The van der Waals surface area contributed by atoms with Crippen molar-refractivity contribution in [3.63, 3.8) is 0 Å². The third kappa shape index (κ3) is 3.39. The lowest BCUT2D eigenvalue weighted by Gasteiger charge is -2.37. The molecule has 3 nitrogen and oxygen atoms in total. The first-order chi connectivity index (χ1) is 8.13. The van der Waals surface area contributed by atoms with Gasteiger partial charge in [0.1, 0.15) is 6.67 Å². The second-order valence-electron chi connectivity index (χ2n) is 5.92. The average Bonchev–Trinajstić information content (AvgIpc) is 2.53. The third-order valence-corrected chi connectivity index (χ3v) is 4.49. The summed E-state index contributed by atoms with van der Waals surface area (Å²) in [6, 6.07) is 0.702. The molecule has 2 saturated heterocycles. The lowest BCUT2D eigenvalue weighted by molar-refractivity contribution is 0.121. The topological polar surface area (TPSA) is 32.5 Å². The van der Waals surface area contributed by atoms with Crippen molar-refractivity contribution in [3.8, 4) is 0 Å². The summed E-state index contributed by atoms with van der Waals surface area (Å²) >= 11 is 0. The molecule has 1 unspecified atom stereocenters. The molecular formula is C13H26FN3. The van der Waals surface area contributed by atoms with E-state index in [4.69, 9.17) is 5.73 Å². The Bertz CT molecular complexity index is 241. The number of hydrogen-bond donors (Lipinski definition) is 1. The van der Waals surface area contributed by atoms with Gasteiger partial charge in [-0.1, -0.05) is 0 Å². The Labute approximate surface area is 104 Å². The highest BCUT2D eigenvalue weighted by molar-refractivity contribution is 4.90. The van der Waals surface area contributed by atoms with E-state index >= 15 is 0 Å². The maximum Gasteiger partial charge on any atom is 0.107 e. The van der Waals surface area contributed by atoms with E-state index in [0.717, 1.165) is 32.4 Å². The van der Waals surface area contributed by atoms with Gasteiger partial charge in [0.2, 0.25) is 0 Å². The highest BCUT2D eigenvalue weighted by Crippen LogP contribution is 2.24. The lowest BCUT2D eigenvalue weighted by Crippen LogP contribution is -2.46. The molecule has 17 heavy (non-hydrogen) atoms. The van der Waals surface area contributed by atoms with Crippen molar-refractivity contribution in [2.24, 2.45) is 5.73 Å². The molecule has 0 saturated carbocycles. The summed E-state index contributed by atoms with van der Waals surface area (Å²) in [5, 5.41) is 0. The Kier molecular flexibility index (Phi) is 4.39. The molecule has 0 aromatic carbocycles. The zero-order valence-corrected chi connectivity index (χ0v) is 11.0. The number of nitrogens with two attached hydrogens (primary N) is 1. The average molecular weight is 243 g/mol. The molecule has 2 aliphatic heterocycles. The van der Waals surface area contributed by atoms with E-state index in [0.29, 0.717) is 6.04 Å². The predicted octanol–water partition coefficient (Wildman–Crippen LogP) is 1.23. The fourth-order valence-electron chi connectivity index (χ4n) is 3.10. The van der Waals surface area contributed by atoms with Gasteiger partial charge in [0.05, 0.1) is 0 Å². The molecule has 2 heterocycles. The fourth-order valence-corrected chi connectivity index (χ4v) is 3.10. The normalized spacial score (nSPS) is 34.8. The van der Waals surface area contributed by atoms with E-state index in [2.05, 4.69) is 16.8 Å². The Hall–Kier alpha value is -0.190. The predicted molar refractivity (Wildman–Crippen MR) is 68.8 cm³/mol. The van der Waals surface area contributed by atoms with Gasteiger partial charge in [-0.15, -0.1) is 0 Å². The largest absolute Gasteiger partial charge is 0.323 e. The van der Waals surface area contributed by atoms with Crippen LogP contribution >= 0.6 is 0 Å². The first-order valence-corrected chi connectivity index (χ1v) is 6.90. The molecule has 2 fully saturated rings. The van der Waals surface area contributed by atoms with Crippen LogP contribution in [-0.2, 0) is 0 Å². The van der Waals surface area contributed by atoms with Crippen molar-refractivity contribution in [1.82, 2.24) is 9.80 Å². The molecule has 0 bridgehead atoms. The molecule has 0 spiro atoms. The summed E-state index contributed by atoms with van der Waals surface area (Å²) < 4.78 is 12.9. The van der Waals surface area contributed by atoms with Crippen LogP contribution in [0.15, 0.2) is 0 Å². The van der Waals surface area contributed by atoms with Gasteiger partial charge >= 0.3 is 0 Å². The van der Waals surface area contributed by atoms with Gasteiger partial charge in [-0.3, -0.25) is 0 Å². The third-order valence-electron chi connectivity index (χ3n) is 4.49. The number of nitrogens with zero attached hydrogens (tertiary/aromatic N) is 2. The highest BCUT2D eigenvalue weighted by Gasteiger charge is 2.31. The Morgan fingerprint density at radius 3 is 2.53 bits per heavy atom. The molecule has 4 heteroatoms. The van der Waals surface area contributed by atoms with Crippen LogP contribution in [0.4, 0.5) is 4.39 Å². The van der Waals surface area contributed by atoms with Crippen molar-refractivity contribution in [3.05, 3.63) is 0 Å². The van der Waals surface area contributed by atoms with E-state index in [1.165, 1.54) is 25.9 Å². The molecule has 0 aliphatic carbocycles. The van der Waals surface area contributed by atoms with Crippen LogP contribution in [0.25, 0.3) is 0 Å². The van der Waals surface area contributed by atoms with Crippen LogP contribution in [0.1, 0.15) is 32.1 Å². The molecule has 1 atom stereocenters. The molecule has 0 aromatic heterocycles. The van der Waals surface area contributed by atoms with E-state index in [1.54, 1.807) is 0 Å². The van der Waals surface area contributed by atoms with Crippen LogP contribution in [0, 0.1) is 0 Å². The quantitative estimate of drug-likeness (QED) is 0.792. The van der Waals surface area contributed by atoms with Gasteiger partial charge in [0.25, 0.3) is 0 Å². The minimum absolute atomic E-state index is 0.367. The Morgan fingerprint density at radius 2 is 1.88 bits per heavy atom. The van der Waals surface area contributed by atoms with Crippen LogP contribution in [0.3, 0.4) is 0 Å². The molecule has 0 radical (unpaired) electrons. The van der Waals surface area contributed by atoms with E-state index < -0.39 is 5.54 Å². The molecule has 0 amide bonds. The molecule has 2 aliphatic rings. The minimum atomic E-state index is -0.541. The van der Waals surface area contributed by atoms with Gasteiger partial charge in [0.15, 0.2) is 0 Å². The molecule has 2 N–H and O–H groups in total. The summed E-state index contributed by atoms with van der Waals surface area (Å²) in [7, 11) is 2.19. The number of alkyl halides is 1. The number of piperidine rings is 1. The van der Waals surface area contributed by atoms with Gasteiger partial charge in [-0.05, 0) is 58.8 Å². The van der Waals surface area contributed by atoms with Crippen molar-refractivity contribution >= 4 is 0 Å². The molecule has 100 valence electrons. The fraction of sp³-hybridized carbons (Fsp3) is 1.00. The number of hydrogen-bond acceptors (Lipinski definition) is 3. The smallest absolute Gasteiger partial charge is 0.107 e. The van der Waals surface area contributed by atoms with Crippen molar-refractivity contribution < 1.29 is 4.39 Å². The maximum absolute atomic E-state index is 12.9. The zero-order chi connectivity index (χ0) is 12.3. The van der Waals surface area contributed by atoms with Crippen LogP contribution in [0.2, 0.25) is 0 Å². The van der Waals surface area contributed by atoms with Gasteiger partial charge < -0.3 is 15.5 Å². The summed E-state index contributed by atoms with van der Waals surface area (Å²) in [5.41, 5.74) is 5.52. The summed E-state index contributed by atoms with van der Waals surface area (Å²) in [4.78, 5) is 4.94. The Morgan fingerprint density at radius 1 is 1.18 bits per heavy atom. The SMILES string of the molecule is CN1CCC(N2CCCC(N)(CF)CC2)CC1. The number of halogens is 1. The van der Waals surface area contributed by atoms with E-state index in [9.17, 15) is 4.39 Å². The van der Waals surface area contributed by atoms with Crippen molar-refractivity contribution in [2.45, 2.75) is 43.7 Å². The molecule has 2 rings (SSSR count). The van der Waals surface area contributed by atoms with Crippen molar-refractivity contribution in [1.29, 1.82) is 0 Å². The number of likely N-dealkylation sites (tertiary alicyclic amines) is 2. The van der Waals surface area contributed by atoms with E-state index in [1.807, 2.05) is 0 Å². The Balaban J connectivity index is 1.86.